The molecule has 106 valence electrons. The first-order valence-corrected chi connectivity index (χ1v) is 7.00. The van der Waals surface area contributed by atoms with Crippen molar-refractivity contribution in [2.45, 2.75) is 44.6 Å². The molecule has 0 atom stereocenters. The lowest BCUT2D eigenvalue weighted by Gasteiger charge is -2.32. The van der Waals surface area contributed by atoms with Gasteiger partial charge in [-0.1, -0.05) is 19.3 Å². The minimum absolute atomic E-state index is 0.0802. The Morgan fingerprint density at radius 2 is 2.00 bits per heavy atom. The molecular formula is C12H19ClN4O2. The molecule has 1 aromatic rings. The lowest BCUT2D eigenvalue weighted by molar-refractivity contribution is 0.0165. The highest BCUT2D eigenvalue weighted by atomic mass is 35.5. The molecule has 0 bridgehead atoms. The molecule has 19 heavy (non-hydrogen) atoms. The van der Waals surface area contributed by atoms with Crippen molar-refractivity contribution < 1.29 is 9.84 Å². The lowest BCUT2D eigenvalue weighted by Crippen LogP contribution is -2.39. The quantitative estimate of drug-likeness (QED) is 0.862. The van der Waals surface area contributed by atoms with Crippen molar-refractivity contribution in [3.05, 3.63) is 5.28 Å². The van der Waals surface area contributed by atoms with Crippen LogP contribution in [0.4, 0.5) is 5.95 Å². The van der Waals surface area contributed by atoms with Crippen LogP contribution in [-0.4, -0.2) is 38.8 Å². The van der Waals surface area contributed by atoms with Gasteiger partial charge in [0.25, 0.3) is 0 Å². The molecule has 1 aromatic heterocycles. The maximum Gasteiger partial charge on any atom is 0.322 e. The van der Waals surface area contributed by atoms with Gasteiger partial charge in [0.1, 0.15) is 0 Å². The standard InChI is InChI=1S/C12H19ClN4O2/c1-2-19-11-16-9(13)15-10(17-11)14-8-12(18)6-4-3-5-7-12/h18H,2-8H2,1H3,(H,14,15,16,17). The minimum atomic E-state index is -0.677. The fraction of sp³-hybridized carbons (Fsp3) is 0.750. The molecule has 1 aliphatic rings. The summed E-state index contributed by atoms with van der Waals surface area (Å²) in [6, 6.07) is 0.195. The number of halogens is 1. The highest BCUT2D eigenvalue weighted by Crippen LogP contribution is 2.28. The van der Waals surface area contributed by atoms with E-state index in [9.17, 15) is 5.11 Å². The molecule has 2 N–H and O–H groups in total. The summed E-state index contributed by atoms with van der Waals surface area (Å²) in [6.07, 6.45) is 4.91. The van der Waals surface area contributed by atoms with Gasteiger partial charge >= 0.3 is 6.01 Å². The van der Waals surface area contributed by atoms with Gasteiger partial charge in [-0.15, -0.1) is 0 Å². The van der Waals surface area contributed by atoms with Gasteiger partial charge in [-0.25, -0.2) is 0 Å². The summed E-state index contributed by atoms with van der Waals surface area (Å²) in [7, 11) is 0. The van der Waals surface area contributed by atoms with Crippen LogP contribution in [0.2, 0.25) is 5.28 Å². The normalized spacial score (nSPS) is 18.1. The fourth-order valence-electron chi connectivity index (χ4n) is 2.23. The topological polar surface area (TPSA) is 80.2 Å². The van der Waals surface area contributed by atoms with Gasteiger partial charge in [-0.2, -0.15) is 15.0 Å². The molecule has 7 heteroatoms. The van der Waals surface area contributed by atoms with E-state index in [2.05, 4.69) is 20.3 Å². The second-order valence-corrected chi connectivity index (χ2v) is 5.12. The van der Waals surface area contributed by atoms with Crippen LogP contribution in [0.15, 0.2) is 0 Å². The first-order valence-electron chi connectivity index (χ1n) is 6.62. The predicted molar refractivity (Wildman–Crippen MR) is 72.5 cm³/mol. The van der Waals surface area contributed by atoms with Crippen LogP contribution in [-0.2, 0) is 0 Å². The van der Waals surface area contributed by atoms with Crippen molar-refractivity contribution in [2.75, 3.05) is 18.5 Å². The third-order valence-electron chi connectivity index (χ3n) is 3.22. The smallest absolute Gasteiger partial charge is 0.322 e. The van der Waals surface area contributed by atoms with Crippen molar-refractivity contribution in [3.63, 3.8) is 0 Å². The molecule has 0 unspecified atom stereocenters. The summed E-state index contributed by atoms with van der Waals surface area (Å²) < 4.78 is 5.20. The van der Waals surface area contributed by atoms with Crippen molar-refractivity contribution >= 4 is 17.5 Å². The van der Waals surface area contributed by atoms with E-state index in [0.29, 0.717) is 19.1 Å². The Morgan fingerprint density at radius 1 is 1.26 bits per heavy atom. The van der Waals surface area contributed by atoms with Crippen molar-refractivity contribution in [2.24, 2.45) is 0 Å². The van der Waals surface area contributed by atoms with E-state index in [-0.39, 0.29) is 11.3 Å². The Balaban J connectivity index is 1.98. The molecule has 0 spiro atoms. The van der Waals surface area contributed by atoms with Crippen molar-refractivity contribution in [1.29, 1.82) is 0 Å². The number of rotatable bonds is 5. The molecule has 0 aliphatic heterocycles. The zero-order valence-electron chi connectivity index (χ0n) is 11.0. The van der Waals surface area contributed by atoms with Crippen LogP contribution in [0, 0.1) is 0 Å². The average molecular weight is 287 g/mol. The summed E-state index contributed by atoms with van der Waals surface area (Å²) in [5.41, 5.74) is -0.677. The zero-order valence-corrected chi connectivity index (χ0v) is 11.8. The number of ether oxygens (including phenoxy) is 1. The number of hydrogen-bond acceptors (Lipinski definition) is 6. The van der Waals surface area contributed by atoms with Gasteiger partial charge in [0.15, 0.2) is 0 Å². The highest BCUT2D eigenvalue weighted by molar-refractivity contribution is 6.28. The Labute approximate surface area is 117 Å². The summed E-state index contributed by atoms with van der Waals surface area (Å²) in [6.45, 7) is 2.72. The number of nitrogens with one attached hydrogen (secondary N) is 1. The highest BCUT2D eigenvalue weighted by Gasteiger charge is 2.29. The molecule has 2 rings (SSSR count). The minimum Gasteiger partial charge on any atom is -0.464 e. The number of aromatic nitrogens is 3. The lowest BCUT2D eigenvalue weighted by atomic mass is 9.85. The third kappa shape index (κ3) is 4.18. The summed E-state index contributed by atoms with van der Waals surface area (Å²) in [5, 5.41) is 13.5. The average Bonchev–Trinajstić information content (AvgIpc) is 2.37. The summed E-state index contributed by atoms with van der Waals surface area (Å²) in [4.78, 5) is 11.9. The Hall–Kier alpha value is -1.14. The van der Waals surface area contributed by atoms with Crippen LogP contribution in [0.1, 0.15) is 39.0 Å². The molecule has 1 saturated carbocycles. The molecule has 0 aromatic carbocycles. The van der Waals surface area contributed by atoms with Crippen LogP contribution in [0.5, 0.6) is 6.01 Å². The van der Waals surface area contributed by atoms with Gasteiger partial charge < -0.3 is 15.2 Å². The van der Waals surface area contributed by atoms with E-state index in [4.69, 9.17) is 16.3 Å². The van der Waals surface area contributed by atoms with Crippen LogP contribution in [0.3, 0.4) is 0 Å². The number of aliphatic hydroxyl groups is 1. The SMILES string of the molecule is CCOc1nc(Cl)nc(NCC2(O)CCCCC2)n1. The maximum absolute atomic E-state index is 10.4. The van der Waals surface area contributed by atoms with E-state index in [1.807, 2.05) is 6.92 Å². The van der Waals surface area contributed by atoms with E-state index in [0.717, 1.165) is 25.7 Å². The molecule has 0 radical (unpaired) electrons. The van der Waals surface area contributed by atoms with Crippen molar-refractivity contribution in [1.82, 2.24) is 15.0 Å². The van der Waals surface area contributed by atoms with E-state index >= 15 is 0 Å². The largest absolute Gasteiger partial charge is 0.464 e. The van der Waals surface area contributed by atoms with Crippen molar-refractivity contribution in [3.8, 4) is 6.01 Å². The molecular weight excluding hydrogens is 268 g/mol. The number of hydrogen-bond donors (Lipinski definition) is 2. The summed E-state index contributed by atoms with van der Waals surface area (Å²) >= 11 is 5.80. The molecule has 1 aliphatic carbocycles. The molecule has 1 heterocycles. The van der Waals surface area contributed by atoms with Crippen LogP contribution in [0.25, 0.3) is 0 Å². The Kier molecular flexibility index (Phi) is 4.76. The van der Waals surface area contributed by atoms with Crippen LogP contribution < -0.4 is 10.1 Å². The van der Waals surface area contributed by atoms with E-state index in [1.54, 1.807) is 0 Å². The van der Waals surface area contributed by atoms with E-state index < -0.39 is 5.60 Å². The molecule has 0 saturated heterocycles. The monoisotopic (exact) mass is 286 g/mol. The first-order chi connectivity index (χ1) is 9.11. The second kappa shape index (κ2) is 6.34. The summed E-state index contributed by atoms with van der Waals surface area (Å²) in [5.74, 6) is 0.336. The molecule has 1 fully saturated rings. The van der Waals surface area contributed by atoms with Gasteiger partial charge in [0.2, 0.25) is 11.2 Å². The predicted octanol–water partition coefficient (Wildman–Crippen LogP) is 2.03. The van der Waals surface area contributed by atoms with Gasteiger partial charge in [0.05, 0.1) is 12.2 Å². The Morgan fingerprint density at radius 3 is 2.68 bits per heavy atom. The second-order valence-electron chi connectivity index (χ2n) is 4.78. The fourth-order valence-corrected chi connectivity index (χ4v) is 2.39. The van der Waals surface area contributed by atoms with Gasteiger partial charge in [-0.05, 0) is 31.4 Å². The maximum atomic E-state index is 10.4. The molecule has 0 amide bonds. The van der Waals surface area contributed by atoms with Crippen LogP contribution >= 0.6 is 11.6 Å². The Bertz CT molecular complexity index is 424. The van der Waals surface area contributed by atoms with Gasteiger partial charge in [-0.3, -0.25) is 0 Å². The van der Waals surface area contributed by atoms with Gasteiger partial charge in [0, 0.05) is 6.54 Å². The first kappa shape index (κ1) is 14.3. The third-order valence-corrected chi connectivity index (χ3v) is 3.39. The molecule has 6 nitrogen and oxygen atoms in total. The van der Waals surface area contributed by atoms with E-state index in [1.165, 1.54) is 6.42 Å². The zero-order chi connectivity index (χ0) is 13.7. The number of anilines is 1. The number of nitrogens with zero attached hydrogens (tertiary/aromatic N) is 3.